The van der Waals surface area contributed by atoms with E-state index in [0.717, 1.165) is 17.7 Å². The molecule has 0 saturated heterocycles. The molecular formula is C13H20ClN3. The van der Waals surface area contributed by atoms with Crippen LogP contribution in [0.25, 0.3) is 0 Å². The van der Waals surface area contributed by atoms with Gasteiger partial charge in [-0.1, -0.05) is 25.4 Å². The van der Waals surface area contributed by atoms with Crippen molar-refractivity contribution in [3.63, 3.8) is 0 Å². The molecule has 0 spiro atoms. The number of hydrogen-bond acceptors (Lipinski definition) is 3. The number of hydrogen-bond donors (Lipinski definition) is 2. The van der Waals surface area contributed by atoms with Crippen LogP contribution >= 0.6 is 11.6 Å². The minimum atomic E-state index is 0.481. The monoisotopic (exact) mass is 253 g/mol. The van der Waals surface area contributed by atoms with Crippen molar-refractivity contribution < 1.29 is 0 Å². The van der Waals surface area contributed by atoms with Crippen LogP contribution in [0.2, 0.25) is 5.02 Å². The Bertz CT molecular complexity index is 394. The lowest BCUT2D eigenvalue weighted by Gasteiger charge is -2.32. The van der Waals surface area contributed by atoms with Gasteiger partial charge in [0.05, 0.1) is 16.9 Å². The number of nitrogens with one attached hydrogen (secondary N) is 1. The fourth-order valence-electron chi connectivity index (χ4n) is 2.43. The zero-order valence-corrected chi connectivity index (χ0v) is 11.2. The summed E-state index contributed by atoms with van der Waals surface area (Å²) >= 11 is 6.11. The largest absolute Gasteiger partial charge is 0.397 e. The van der Waals surface area contributed by atoms with Gasteiger partial charge in [0.25, 0.3) is 0 Å². The van der Waals surface area contributed by atoms with Gasteiger partial charge in [0.2, 0.25) is 0 Å². The van der Waals surface area contributed by atoms with Gasteiger partial charge >= 0.3 is 0 Å². The molecule has 0 aliphatic heterocycles. The maximum absolute atomic E-state index is 6.11. The van der Waals surface area contributed by atoms with Gasteiger partial charge in [0.15, 0.2) is 0 Å². The molecule has 3 N–H and O–H groups in total. The van der Waals surface area contributed by atoms with Crippen molar-refractivity contribution in [1.29, 1.82) is 0 Å². The van der Waals surface area contributed by atoms with Crippen LogP contribution in [0.3, 0.4) is 0 Å². The summed E-state index contributed by atoms with van der Waals surface area (Å²) in [5, 5.41) is 4.04. The van der Waals surface area contributed by atoms with Crippen molar-refractivity contribution in [1.82, 2.24) is 4.98 Å². The summed E-state index contributed by atoms with van der Waals surface area (Å²) in [6.45, 7) is 4.64. The van der Waals surface area contributed by atoms with Gasteiger partial charge < -0.3 is 11.1 Å². The van der Waals surface area contributed by atoms with Gasteiger partial charge in [0.1, 0.15) is 5.82 Å². The highest BCUT2D eigenvalue weighted by Crippen LogP contribution is 2.32. The van der Waals surface area contributed by atoms with Crippen molar-refractivity contribution in [3.05, 3.63) is 17.3 Å². The summed E-state index contributed by atoms with van der Waals surface area (Å²) in [4.78, 5) is 4.25. The molecule has 1 aromatic heterocycles. The highest BCUT2D eigenvalue weighted by molar-refractivity contribution is 6.33. The Morgan fingerprint density at radius 1 is 1.35 bits per heavy atom. The Morgan fingerprint density at radius 2 is 2.12 bits per heavy atom. The Kier molecular flexibility index (Phi) is 3.77. The van der Waals surface area contributed by atoms with Crippen LogP contribution in [0.5, 0.6) is 0 Å². The van der Waals surface area contributed by atoms with Crippen LogP contribution in [0.4, 0.5) is 11.5 Å². The van der Waals surface area contributed by atoms with E-state index in [4.69, 9.17) is 17.3 Å². The van der Waals surface area contributed by atoms with E-state index in [9.17, 15) is 0 Å². The fourth-order valence-corrected chi connectivity index (χ4v) is 2.66. The Morgan fingerprint density at radius 3 is 2.76 bits per heavy atom. The highest BCUT2D eigenvalue weighted by Gasteiger charge is 2.24. The number of rotatable bonds is 2. The molecule has 1 saturated carbocycles. The summed E-state index contributed by atoms with van der Waals surface area (Å²) < 4.78 is 0. The second-order valence-electron chi connectivity index (χ2n) is 5.21. The molecule has 1 aromatic rings. The molecule has 0 radical (unpaired) electrons. The quantitative estimate of drug-likeness (QED) is 0.848. The van der Waals surface area contributed by atoms with Crippen molar-refractivity contribution in [3.8, 4) is 0 Å². The smallest absolute Gasteiger partial charge is 0.145 e. The first kappa shape index (κ1) is 12.5. The van der Waals surface area contributed by atoms with E-state index in [1.807, 2.05) is 0 Å². The van der Waals surface area contributed by atoms with Gasteiger partial charge in [-0.2, -0.15) is 0 Å². The van der Waals surface area contributed by atoms with Gasteiger partial charge in [-0.15, -0.1) is 0 Å². The average Bonchev–Trinajstić information content (AvgIpc) is 2.27. The van der Waals surface area contributed by atoms with Crippen molar-refractivity contribution in [2.45, 2.75) is 39.2 Å². The lowest BCUT2D eigenvalue weighted by atomic mass is 9.79. The highest BCUT2D eigenvalue weighted by atomic mass is 35.5. The number of nitrogens with zero attached hydrogens (tertiary/aromatic N) is 1. The second-order valence-corrected chi connectivity index (χ2v) is 5.62. The summed E-state index contributed by atoms with van der Waals surface area (Å²) in [6.07, 6.45) is 5.28. The minimum Gasteiger partial charge on any atom is -0.397 e. The average molecular weight is 254 g/mol. The maximum atomic E-state index is 6.11. The maximum Gasteiger partial charge on any atom is 0.145 e. The van der Waals surface area contributed by atoms with Gasteiger partial charge in [-0.3, -0.25) is 0 Å². The third-order valence-corrected chi connectivity index (χ3v) is 4.09. The van der Waals surface area contributed by atoms with Crippen molar-refractivity contribution >= 4 is 23.1 Å². The Hall–Kier alpha value is -0.960. The number of pyridine rings is 1. The van der Waals surface area contributed by atoms with Crippen molar-refractivity contribution in [2.75, 3.05) is 11.1 Å². The van der Waals surface area contributed by atoms with E-state index >= 15 is 0 Å². The lowest BCUT2D eigenvalue weighted by Crippen LogP contribution is -2.30. The zero-order chi connectivity index (χ0) is 12.4. The number of anilines is 2. The van der Waals surface area contributed by atoms with Crippen LogP contribution in [-0.4, -0.2) is 11.0 Å². The first-order chi connectivity index (χ1) is 8.06. The summed E-state index contributed by atoms with van der Waals surface area (Å²) in [6, 6.07) is 2.22. The molecular weight excluding hydrogens is 234 g/mol. The summed E-state index contributed by atoms with van der Waals surface area (Å²) in [5.74, 6) is 2.34. The number of halogens is 1. The molecule has 1 heterocycles. The lowest BCUT2D eigenvalue weighted by molar-refractivity contribution is 0.260. The number of nitrogens with two attached hydrogens (primary N) is 1. The van der Waals surface area contributed by atoms with E-state index in [1.54, 1.807) is 12.3 Å². The Balaban J connectivity index is 2.01. The van der Waals surface area contributed by atoms with Gasteiger partial charge in [0, 0.05) is 6.04 Å². The van der Waals surface area contributed by atoms with Crippen LogP contribution in [-0.2, 0) is 0 Å². The molecule has 17 heavy (non-hydrogen) atoms. The first-order valence-corrected chi connectivity index (χ1v) is 6.61. The zero-order valence-electron chi connectivity index (χ0n) is 10.4. The SMILES string of the molecule is CC1CCC(Nc2ncc(N)cc2Cl)CC1C. The standard InChI is InChI=1S/C13H20ClN3/c1-8-3-4-11(5-9(8)2)17-13-12(14)6-10(15)7-16-13/h6-9,11H,3-5,15H2,1-2H3,(H,16,17). The van der Waals surface area contributed by atoms with E-state index in [1.165, 1.54) is 19.3 Å². The third-order valence-electron chi connectivity index (χ3n) is 3.80. The fraction of sp³-hybridized carbons (Fsp3) is 0.615. The predicted octanol–water partition coefficient (Wildman–Crippen LogP) is 3.55. The molecule has 1 fully saturated rings. The Labute approximate surface area is 108 Å². The molecule has 1 aliphatic rings. The molecule has 0 bridgehead atoms. The second kappa shape index (κ2) is 5.13. The van der Waals surface area contributed by atoms with E-state index in [0.29, 0.717) is 16.8 Å². The molecule has 4 heteroatoms. The van der Waals surface area contributed by atoms with Gasteiger partial charge in [-0.25, -0.2) is 4.98 Å². The first-order valence-electron chi connectivity index (χ1n) is 6.24. The normalized spacial score (nSPS) is 29.0. The molecule has 3 unspecified atom stereocenters. The van der Waals surface area contributed by atoms with Crippen molar-refractivity contribution in [2.24, 2.45) is 11.8 Å². The molecule has 3 atom stereocenters. The molecule has 0 amide bonds. The summed E-state index contributed by atoms with van der Waals surface area (Å²) in [5.41, 5.74) is 6.23. The topological polar surface area (TPSA) is 50.9 Å². The van der Waals surface area contributed by atoms with E-state index in [2.05, 4.69) is 24.1 Å². The molecule has 2 rings (SSSR count). The van der Waals surface area contributed by atoms with Crippen LogP contribution in [0.15, 0.2) is 12.3 Å². The molecule has 1 aliphatic carbocycles. The molecule has 94 valence electrons. The van der Waals surface area contributed by atoms with E-state index in [-0.39, 0.29) is 0 Å². The van der Waals surface area contributed by atoms with Gasteiger partial charge in [-0.05, 0) is 37.2 Å². The summed E-state index contributed by atoms with van der Waals surface area (Å²) in [7, 11) is 0. The molecule has 3 nitrogen and oxygen atoms in total. The number of nitrogen functional groups attached to an aromatic ring is 1. The predicted molar refractivity (Wildman–Crippen MR) is 73.2 cm³/mol. The third kappa shape index (κ3) is 3.03. The number of aromatic nitrogens is 1. The van der Waals surface area contributed by atoms with Crippen LogP contribution < -0.4 is 11.1 Å². The van der Waals surface area contributed by atoms with Crippen LogP contribution in [0, 0.1) is 11.8 Å². The van der Waals surface area contributed by atoms with E-state index < -0.39 is 0 Å². The van der Waals surface area contributed by atoms with Crippen LogP contribution in [0.1, 0.15) is 33.1 Å². The minimum absolute atomic E-state index is 0.481. The molecule has 0 aromatic carbocycles.